The second kappa shape index (κ2) is 5.61. The number of aromatic nitrogens is 3. The molecule has 0 bridgehead atoms. The first-order chi connectivity index (χ1) is 9.40. The quantitative estimate of drug-likeness (QED) is 0.921. The number of hydrogen-bond acceptors (Lipinski definition) is 3. The van der Waals surface area contributed by atoms with Gasteiger partial charge in [0.05, 0.1) is 6.54 Å². The maximum absolute atomic E-state index is 13.6. The van der Waals surface area contributed by atoms with Crippen molar-refractivity contribution in [3.8, 4) is 0 Å². The fourth-order valence-corrected chi connectivity index (χ4v) is 1.95. The lowest BCUT2D eigenvalue weighted by atomic mass is 10.2. The summed E-state index contributed by atoms with van der Waals surface area (Å²) in [6, 6.07) is 4.10. The fourth-order valence-electron chi connectivity index (χ4n) is 1.62. The van der Waals surface area contributed by atoms with Crippen LogP contribution in [-0.4, -0.2) is 26.1 Å². The molecule has 0 spiro atoms. The highest BCUT2D eigenvalue weighted by Crippen LogP contribution is 2.23. The van der Waals surface area contributed by atoms with Gasteiger partial charge in [0.25, 0.3) is 6.43 Å². The number of benzene rings is 1. The highest BCUT2D eigenvalue weighted by atomic mass is 79.9. The van der Waals surface area contributed by atoms with Crippen molar-refractivity contribution in [1.82, 2.24) is 15.0 Å². The van der Waals surface area contributed by atoms with Crippen molar-refractivity contribution in [3.63, 3.8) is 0 Å². The van der Waals surface area contributed by atoms with Crippen LogP contribution in [0, 0.1) is 5.82 Å². The number of carboxylic acids is 1. The first kappa shape index (κ1) is 14.5. The minimum absolute atomic E-state index is 0.0944. The van der Waals surface area contributed by atoms with E-state index in [-0.39, 0.29) is 12.1 Å². The van der Waals surface area contributed by atoms with Crippen molar-refractivity contribution in [2.45, 2.75) is 13.0 Å². The molecule has 1 aromatic carbocycles. The van der Waals surface area contributed by atoms with Crippen LogP contribution in [0.2, 0.25) is 0 Å². The number of halogens is 4. The standard InChI is InChI=1S/C11H7BrF3N3O2/c12-6-2-1-5(7(13)3-6)4-18-9(10(14)15)8(11(19)20)16-17-18/h1-3,10H,4H2,(H,19,20). The van der Waals surface area contributed by atoms with Gasteiger partial charge in [-0.2, -0.15) is 0 Å². The lowest BCUT2D eigenvalue weighted by molar-refractivity contribution is 0.0675. The zero-order valence-corrected chi connectivity index (χ0v) is 11.3. The van der Waals surface area contributed by atoms with Crippen LogP contribution >= 0.6 is 15.9 Å². The molecule has 1 heterocycles. The maximum atomic E-state index is 13.6. The number of alkyl halides is 2. The molecular formula is C11H7BrF3N3O2. The molecule has 1 aromatic heterocycles. The summed E-state index contributed by atoms with van der Waals surface area (Å²) in [7, 11) is 0. The number of aromatic carboxylic acids is 1. The maximum Gasteiger partial charge on any atom is 0.358 e. The van der Waals surface area contributed by atoms with Crippen LogP contribution in [0.3, 0.4) is 0 Å². The molecule has 20 heavy (non-hydrogen) atoms. The van der Waals surface area contributed by atoms with Crippen molar-refractivity contribution in [2.75, 3.05) is 0 Å². The summed E-state index contributed by atoms with van der Waals surface area (Å²) in [6.45, 7) is -0.334. The van der Waals surface area contributed by atoms with Crippen LogP contribution in [0.5, 0.6) is 0 Å². The second-order valence-electron chi connectivity index (χ2n) is 3.82. The number of carbonyl (C=O) groups is 1. The summed E-state index contributed by atoms with van der Waals surface area (Å²) in [5.74, 6) is -2.23. The second-order valence-corrected chi connectivity index (χ2v) is 4.74. The summed E-state index contributed by atoms with van der Waals surface area (Å²) in [5, 5.41) is 15.3. The molecule has 0 amide bonds. The largest absolute Gasteiger partial charge is 0.476 e. The van der Waals surface area contributed by atoms with Crippen LogP contribution in [0.1, 0.15) is 28.2 Å². The van der Waals surface area contributed by atoms with Crippen LogP contribution in [0.25, 0.3) is 0 Å². The van der Waals surface area contributed by atoms with Crippen LogP contribution in [0.4, 0.5) is 13.2 Å². The minimum Gasteiger partial charge on any atom is -0.476 e. The van der Waals surface area contributed by atoms with Crippen molar-refractivity contribution < 1.29 is 23.1 Å². The Morgan fingerprint density at radius 1 is 1.45 bits per heavy atom. The minimum atomic E-state index is -3.07. The van der Waals surface area contributed by atoms with Gasteiger partial charge in [0, 0.05) is 10.0 Å². The summed E-state index contributed by atoms with van der Waals surface area (Å²) in [6.07, 6.45) is -3.07. The molecule has 106 valence electrons. The fraction of sp³-hybridized carbons (Fsp3) is 0.182. The average Bonchev–Trinajstić information content (AvgIpc) is 2.76. The summed E-state index contributed by atoms with van der Waals surface area (Å²) in [4.78, 5) is 10.8. The van der Waals surface area contributed by atoms with E-state index in [1.165, 1.54) is 18.2 Å². The Kier molecular flexibility index (Phi) is 4.07. The molecule has 0 aliphatic carbocycles. The number of rotatable bonds is 4. The van der Waals surface area contributed by atoms with Gasteiger partial charge in [-0.15, -0.1) is 5.10 Å². The smallest absolute Gasteiger partial charge is 0.358 e. The molecule has 0 radical (unpaired) electrons. The zero-order valence-electron chi connectivity index (χ0n) is 9.73. The first-order valence-electron chi connectivity index (χ1n) is 5.29. The third-order valence-electron chi connectivity index (χ3n) is 2.52. The Morgan fingerprint density at radius 3 is 2.70 bits per heavy atom. The number of nitrogens with zero attached hydrogens (tertiary/aromatic N) is 3. The van der Waals surface area contributed by atoms with E-state index in [9.17, 15) is 18.0 Å². The van der Waals surface area contributed by atoms with Crippen LogP contribution in [0.15, 0.2) is 22.7 Å². The van der Waals surface area contributed by atoms with Gasteiger partial charge < -0.3 is 5.11 Å². The molecule has 2 aromatic rings. The Morgan fingerprint density at radius 2 is 2.15 bits per heavy atom. The van der Waals surface area contributed by atoms with Gasteiger partial charge in [0.15, 0.2) is 5.69 Å². The van der Waals surface area contributed by atoms with E-state index < -0.39 is 29.6 Å². The molecule has 0 unspecified atom stereocenters. The van der Waals surface area contributed by atoms with Gasteiger partial charge >= 0.3 is 5.97 Å². The molecule has 9 heteroatoms. The topological polar surface area (TPSA) is 68.0 Å². The molecular weight excluding hydrogens is 343 g/mol. The van der Waals surface area contributed by atoms with E-state index >= 15 is 0 Å². The molecule has 1 N–H and O–H groups in total. The molecule has 0 saturated heterocycles. The highest BCUT2D eigenvalue weighted by Gasteiger charge is 2.26. The van der Waals surface area contributed by atoms with E-state index in [0.717, 1.165) is 0 Å². The third-order valence-corrected chi connectivity index (χ3v) is 3.01. The van der Waals surface area contributed by atoms with Gasteiger partial charge in [-0.05, 0) is 12.1 Å². The molecule has 0 aliphatic heterocycles. The predicted molar refractivity (Wildman–Crippen MR) is 65.1 cm³/mol. The Balaban J connectivity index is 2.41. The predicted octanol–water partition coefficient (Wildman–Crippen LogP) is 2.86. The summed E-state index contributed by atoms with van der Waals surface area (Å²) < 4.78 is 40.6. The third kappa shape index (κ3) is 2.82. The van der Waals surface area contributed by atoms with Crippen molar-refractivity contribution in [3.05, 3.63) is 45.4 Å². The monoisotopic (exact) mass is 349 g/mol. The normalized spacial score (nSPS) is 11.1. The van der Waals surface area contributed by atoms with E-state index in [0.29, 0.717) is 9.15 Å². The lowest BCUT2D eigenvalue weighted by Crippen LogP contribution is -2.10. The molecule has 0 saturated carbocycles. The zero-order chi connectivity index (χ0) is 14.9. The van der Waals surface area contributed by atoms with E-state index in [1.807, 2.05) is 0 Å². The molecule has 0 atom stereocenters. The first-order valence-corrected chi connectivity index (χ1v) is 6.08. The molecule has 0 aliphatic rings. The van der Waals surface area contributed by atoms with Gasteiger partial charge in [-0.25, -0.2) is 22.6 Å². The Bertz CT molecular complexity index is 660. The highest BCUT2D eigenvalue weighted by molar-refractivity contribution is 9.10. The lowest BCUT2D eigenvalue weighted by Gasteiger charge is -2.07. The van der Waals surface area contributed by atoms with E-state index in [4.69, 9.17) is 5.11 Å². The van der Waals surface area contributed by atoms with Gasteiger partial charge in [-0.3, -0.25) is 0 Å². The SMILES string of the molecule is O=C(O)c1nnn(Cc2ccc(Br)cc2F)c1C(F)F. The van der Waals surface area contributed by atoms with Gasteiger partial charge in [0.1, 0.15) is 11.5 Å². The van der Waals surface area contributed by atoms with Crippen molar-refractivity contribution >= 4 is 21.9 Å². The van der Waals surface area contributed by atoms with Gasteiger partial charge in [0.2, 0.25) is 0 Å². The number of hydrogen-bond donors (Lipinski definition) is 1. The molecule has 0 fully saturated rings. The van der Waals surface area contributed by atoms with Crippen molar-refractivity contribution in [1.29, 1.82) is 0 Å². The summed E-state index contributed by atoms with van der Waals surface area (Å²) >= 11 is 3.07. The molecule has 2 rings (SSSR count). The Labute approximate surface area is 119 Å². The molecule has 5 nitrogen and oxygen atoms in total. The van der Waals surface area contributed by atoms with E-state index in [2.05, 4.69) is 26.2 Å². The van der Waals surface area contributed by atoms with Crippen LogP contribution in [-0.2, 0) is 6.54 Å². The van der Waals surface area contributed by atoms with Gasteiger partial charge in [-0.1, -0.05) is 27.2 Å². The number of carboxylic acid groups (broad SMARTS) is 1. The van der Waals surface area contributed by atoms with Crippen molar-refractivity contribution in [2.24, 2.45) is 0 Å². The van der Waals surface area contributed by atoms with Crippen LogP contribution < -0.4 is 0 Å². The van der Waals surface area contributed by atoms with E-state index in [1.54, 1.807) is 0 Å². The Hall–Kier alpha value is -1.90. The summed E-state index contributed by atoms with van der Waals surface area (Å²) in [5.41, 5.74) is -1.59. The average molecular weight is 350 g/mol.